The molecule has 0 spiro atoms. The lowest BCUT2D eigenvalue weighted by Crippen LogP contribution is -2.42. The molecule has 1 aliphatic heterocycles. The highest BCUT2D eigenvalue weighted by molar-refractivity contribution is 7.92. The van der Waals surface area contributed by atoms with Gasteiger partial charge >= 0.3 is 0 Å². The van der Waals surface area contributed by atoms with Gasteiger partial charge < -0.3 is 4.90 Å². The van der Waals surface area contributed by atoms with Gasteiger partial charge in [-0.05, 0) is 17.9 Å². The highest BCUT2D eigenvalue weighted by atomic mass is 32.2. The standard InChI is InChI=1S/C15H23FN2O3S2/c1-3-23(20,21)11-15(19)17(2)9-13-7-12(16)8-18(13)10-14-5-4-6-22-14/h4-6,12-13H,3,7-11H2,1-2H3/t12-,13-/m0/s1. The van der Waals surface area contributed by atoms with E-state index in [0.29, 0.717) is 26.1 Å². The number of thiophene rings is 1. The third-order valence-electron chi connectivity index (χ3n) is 4.11. The number of hydrogen-bond acceptors (Lipinski definition) is 5. The van der Waals surface area contributed by atoms with Gasteiger partial charge in [-0.25, -0.2) is 12.8 Å². The van der Waals surface area contributed by atoms with Gasteiger partial charge in [0.05, 0.1) is 0 Å². The van der Waals surface area contributed by atoms with Crippen molar-refractivity contribution in [2.45, 2.75) is 32.1 Å². The largest absolute Gasteiger partial charge is 0.343 e. The first kappa shape index (κ1) is 18.4. The molecule has 5 nitrogen and oxygen atoms in total. The summed E-state index contributed by atoms with van der Waals surface area (Å²) in [5.74, 6) is -0.950. The maximum atomic E-state index is 13.8. The second-order valence-electron chi connectivity index (χ2n) is 5.95. The average molecular weight is 362 g/mol. The Balaban J connectivity index is 1.95. The fourth-order valence-electron chi connectivity index (χ4n) is 2.73. The maximum absolute atomic E-state index is 13.8. The molecule has 1 aromatic heterocycles. The number of likely N-dealkylation sites (tertiary alicyclic amines) is 1. The molecule has 1 amide bonds. The van der Waals surface area contributed by atoms with E-state index in [2.05, 4.69) is 0 Å². The Kier molecular flexibility index (Phi) is 6.16. The predicted octanol–water partition coefficient (Wildman–Crippen LogP) is 1.55. The molecule has 23 heavy (non-hydrogen) atoms. The van der Waals surface area contributed by atoms with Crippen molar-refractivity contribution in [1.82, 2.24) is 9.80 Å². The van der Waals surface area contributed by atoms with Crippen LogP contribution in [0.3, 0.4) is 0 Å². The number of carbonyl (C=O) groups is 1. The zero-order chi connectivity index (χ0) is 17.0. The van der Waals surface area contributed by atoms with Gasteiger partial charge in [0.2, 0.25) is 5.91 Å². The van der Waals surface area contributed by atoms with E-state index < -0.39 is 27.7 Å². The monoisotopic (exact) mass is 362 g/mol. The van der Waals surface area contributed by atoms with Crippen LogP contribution in [0.25, 0.3) is 0 Å². The van der Waals surface area contributed by atoms with Gasteiger partial charge in [-0.2, -0.15) is 0 Å². The fraction of sp³-hybridized carbons (Fsp3) is 0.667. The summed E-state index contributed by atoms with van der Waals surface area (Å²) in [6.45, 7) is 2.90. The molecule has 0 radical (unpaired) electrons. The zero-order valence-corrected chi connectivity index (χ0v) is 15.1. The van der Waals surface area contributed by atoms with Gasteiger partial charge in [0.25, 0.3) is 0 Å². The lowest BCUT2D eigenvalue weighted by molar-refractivity contribution is -0.127. The van der Waals surface area contributed by atoms with Crippen LogP contribution in [0.15, 0.2) is 17.5 Å². The van der Waals surface area contributed by atoms with Crippen molar-refractivity contribution in [3.8, 4) is 0 Å². The Labute approximate surface area is 141 Å². The molecule has 0 unspecified atom stereocenters. The first-order chi connectivity index (χ1) is 10.8. The Morgan fingerprint density at radius 2 is 2.26 bits per heavy atom. The number of carbonyl (C=O) groups excluding carboxylic acids is 1. The number of hydrogen-bond donors (Lipinski definition) is 0. The molecule has 8 heteroatoms. The molecule has 0 N–H and O–H groups in total. The molecule has 130 valence electrons. The van der Waals surface area contributed by atoms with Crippen LogP contribution < -0.4 is 0 Å². The minimum Gasteiger partial charge on any atom is -0.343 e. The van der Waals surface area contributed by atoms with E-state index in [9.17, 15) is 17.6 Å². The SMILES string of the molecule is CCS(=O)(=O)CC(=O)N(C)C[C@@H]1C[C@H](F)CN1Cc1cccs1. The van der Waals surface area contributed by atoms with Crippen LogP contribution in [0, 0.1) is 0 Å². The Morgan fingerprint density at radius 3 is 2.87 bits per heavy atom. The lowest BCUT2D eigenvalue weighted by atomic mass is 10.2. The number of rotatable bonds is 7. The number of alkyl halides is 1. The number of halogens is 1. The number of amides is 1. The van der Waals surface area contributed by atoms with Gasteiger partial charge in [-0.1, -0.05) is 13.0 Å². The van der Waals surface area contributed by atoms with Crippen molar-refractivity contribution >= 4 is 27.1 Å². The molecule has 0 bridgehead atoms. The molecule has 0 saturated carbocycles. The van der Waals surface area contributed by atoms with E-state index in [1.807, 2.05) is 22.4 Å². The Morgan fingerprint density at radius 1 is 1.52 bits per heavy atom. The van der Waals surface area contributed by atoms with Gasteiger partial charge in [-0.3, -0.25) is 9.69 Å². The second kappa shape index (κ2) is 7.72. The van der Waals surface area contributed by atoms with E-state index in [-0.39, 0.29) is 11.8 Å². The van der Waals surface area contributed by atoms with Crippen molar-refractivity contribution < 1.29 is 17.6 Å². The molecule has 1 aromatic rings. The molecular formula is C15H23FN2O3S2. The van der Waals surface area contributed by atoms with E-state index in [1.54, 1.807) is 18.4 Å². The minimum atomic E-state index is -3.34. The summed E-state index contributed by atoms with van der Waals surface area (Å²) in [5.41, 5.74) is 0. The highest BCUT2D eigenvalue weighted by Gasteiger charge is 2.34. The first-order valence-electron chi connectivity index (χ1n) is 7.65. The van der Waals surface area contributed by atoms with Crippen LogP contribution in [0.1, 0.15) is 18.2 Å². The van der Waals surface area contributed by atoms with E-state index in [4.69, 9.17) is 0 Å². The number of nitrogens with zero attached hydrogens (tertiary/aromatic N) is 2. The summed E-state index contributed by atoms with van der Waals surface area (Å²) in [4.78, 5) is 16.7. The molecule has 0 aromatic carbocycles. The molecule has 0 aliphatic carbocycles. The van der Waals surface area contributed by atoms with Crippen LogP contribution in [0.5, 0.6) is 0 Å². The summed E-state index contributed by atoms with van der Waals surface area (Å²) in [7, 11) is -1.75. The van der Waals surface area contributed by atoms with Crippen LogP contribution in [0.4, 0.5) is 4.39 Å². The zero-order valence-electron chi connectivity index (χ0n) is 13.4. The van der Waals surface area contributed by atoms with Crippen molar-refractivity contribution in [2.75, 3.05) is 31.6 Å². The highest BCUT2D eigenvalue weighted by Crippen LogP contribution is 2.24. The van der Waals surface area contributed by atoms with Crippen molar-refractivity contribution in [3.63, 3.8) is 0 Å². The van der Waals surface area contributed by atoms with Crippen molar-refractivity contribution in [1.29, 1.82) is 0 Å². The van der Waals surface area contributed by atoms with Gasteiger partial charge in [0.1, 0.15) is 11.9 Å². The van der Waals surface area contributed by atoms with Gasteiger partial charge in [-0.15, -0.1) is 11.3 Å². The van der Waals surface area contributed by atoms with Gasteiger partial charge in [0, 0.05) is 43.4 Å². The Bertz CT molecular complexity index is 619. The normalized spacial score (nSPS) is 22.4. The topological polar surface area (TPSA) is 57.7 Å². The quantitative estimate of drug-likeness (QED) is 0.739. The summed E-state index contributed by atoms with van der Waals surface area (Å²) in [6.07, 6.45) is -0.522. The van der Waals surface area contributed by atoms with Crippen LogP contribution in [0.2, 0.25) is 0 Å². The lowest BCUT2D eigenvalue weighted by Gasteiger charge is -2.28. The van der Waals surface area contributed by atoms with Crippen LogP contribution >= 0.6 is 11.3 Å². The molecule has 2 atom stereocenters. The van der Waals surface area contributed by atoms with E-state index >= 15 is 0 Å². The first-order valence-corrected chi connectivity index (χ1v) is 10.4. The molecule has 1 saturated heterocycles. The molecule has 1 fully saturated rings. The van der Waals surface area contributed by atoms with Crippen molar-refractivity contribution in [3.05, 3.63) is 22.4 Å². The molecular weight excluding hydrogens is 339 g/mol. The second-order valence-corrected chi connectivity index (χ2v) is 9.33. The predicted molar refractivity (Wildman–Crippen MR) is 90.0 cm³/mol. The minimum absolute atomic E-state index is 0.0485. The van der Waals surface area contributed by atoms with Crippen LogP contribution in [-0.4, -0.2) is 68.0 Å². The summed E-state index contributed by atoms with van der Waals surface area (Å²) in [6, 6.07) is 3.89. The molecule has 1 aliphatic rings. The summed E-state index contributed by atoms with van der Waals surface area (Å²) in [5, 5.41) is 1.98. The third kappa shape index (κ3) is 5.26. The summed E-state index contributed by atoms with van der Waals surface area (Å²) < 4.78 is 36.9. The van der Waals surface area contributed by atoms with Gasteiger partial charge in [0.15, 0.2) is 9.84 Å². The van der Waals surface area contributed by atoms with E-state index in [1.165, 1.54) is 11.8 Å². The molecule has 2 heterocycles. The molecule has 2 rings (SSSR count). The number of sulfone groups is 1. The smallest absolute Gasteiger partial charge is 0.237 e. The average Bonchev–Trinajstić information content (AvgIpc) is 3.09. The van der Waals surface area contributed by atoms with Crippen molar-refractivity contribution in [2.24, 2.45) is 0 Å². The maximum Gasteiger partial charge on any atom is 0.237 e. The fourth-order valence-corrected chi connectivity index (χ4v) is 4.26. The third-order valence-corrected chi connectivity index (χ3v) is 6.54. The summed E-state index contributed by atoms with van der Waals surface area (Å²) >= 11 is 1.63. The number of likely N-dealkylation sites (N-methyl/N-ethyl adjacent to an activating group) is 1. The van der Waals surface area contributed by atoms with Crippen LogP contribution in [-0.2, 0) is 21.2 Å². The van der Waals surface area contributed by atoms with E-state index in [0.717, 1.165) is 4.88 Å². The Hall–Kier alpha value is -0.990.